The maximum Gasteiger partial charge on any atom is 0.145 e. The summed E-state index contributed by atoms with van der Waals surface area (Å²) in [6.07, 6.45) is 2.11. The normalized spacial score (nSPS) is 22.3. The number of morpholine rings is 1. The molecule has 6 heteroatoms. The van der Waals surface area contributed by atoms with Crippen molar-refractivity contribution in [3.05, 3.63) is 12.3 Å². The second kappa shape index (κ2) is 5.34. The summed E-state index contributed by atoms with van der Waals surface area (Å²) in [6.45, 7) is 3.55. The topological polar surface area (TPSA) is 56.3 Å². The molecule has 5 nitrogen and oxygen atoms in total. The molecule has 2 rings (SSSR count). The number of nitrogens with zero attached hydrogens (tertiary/aromatic N) is 3. The van der Waals surface area contributed by atoms with Crippen LogP contribution in [0.5, 0.6) is 0 Å². The Hall–Kier alpha value is -0.780. The van der Waals surface area contributed by atoms with Crippen LogP contribution in [0.2, 0.25) is 0 Å². The lowest BCUT2D eigenvalue weighted by molar-refractivity contribution is -0.0290. The Balaban J connectivity index is 0.00000112. The van der Waals surface area contributed by atoms with Gasteiger partial charge in [-0.15, -0.1) is 12.4 Å². The van der Waals surface area contributed by atoms with Gasteiger partial charge in [0.05, 0.1) is 19.3 Å². The summed E-state index contributed by atoms with van der Waals surface area (Å²) in [5.74, 6) is 0.564. The fraction of sp³-hybridized carbons (Fsp3) is 0.667. The molecule has 0 radical (unpaired) electrons. The third-order valence-corrected chi connectivity index (χ3v) is 2.39. The molecule has 1 aliphatic heterocycles. The van der Waals surface area contributed by atoms with Gasteiger partial charge in [0.1, 0.15) is 5.82 Å². The van der Waals surface area contributed by atoms with Crippen molar-refractivity contribution < 1.29 is 4.74 Å². The molecule has 1 aromatic heterocycles. The average molecular weight is 233 g/mol. The molecule has 1 fully saturated rings. The zero-order valence-electron chi connectivity index (χ0n) is 8.80. The molecular weight excluding hydrogens is 216 g/mol. The molecular formula is C9H17ClN4O. The van der Waals surface area contributed by atoms with Crippen LogP contribution in [0.15, 0.2) is 12.3 Å². The van der Waals surface area contributed by atoms with Crippen LogP contribution >= 0.6 is 12.4 Å². The largest absolute Gasteiger partial charge is 0.382 e. The lowest BCUT2D eigenvalue weighted by Gasteiger charge is -2.29. The lowest BCUT2D eigenvalue weighted by atomic mass is 10.3. The summed E-state index contributed by atoms with van der Waals surface area (Å²) in [5, 5.41) is 4.13. The SMILES string of the molecule is CN1CCOC(Cn2ccc(N)n2)C1.Cl. The number of ether oxygens (including phenoxy) is 1. The first-order chi connectivity index (χ1) is 6.74. The fourth-order valence-corrected chi connectivity index (χ4v) is 1.66. The van der Waals surface area contributed by atoms with Crippen molar-refractivity contribution >= 4 is 18.2 Å². The third kappa shape index (κ3) is 3.37. The van der Waals surface area contributed by atoms with E-state index in [2.05, 4.69) is 17.0 Å². The van der Waals surface area contributed by atoms with Crippen LogP contribution in [0.25, 0.3) is 0 Å². The van der Waals surface area contributed by atoms with Crippen LogP contribution in [0, 0.1) is 0 Å². The van der Waals surface area contributed by atoms with E-state index in [1.165, 1.54) is 0 Å². The number of likely N-dealkylation sites (N-methyl/N-ethyl adjacent to an activating group) is 1. The van der Waals surface area contributed by atoms with Gasteiger partial charge in [-0.1, -0.05) is 0 Å². The van der Waals surface area contributed by atoms with Gasteiger partial charge >= 0.3 is 0 Å². The van der Waals surface area contributed by atoms with Crippen LogP contribution in [0.4, 0.5) is 5.82 Å². The Morgan fingerprint density at radius 3 is 3.07 bits per heavy atom. The molecule has 2 N–H and O–H groups in total. The monoisotopic (exact) mass is 232 g/mol. The van der Waals surface area contributed by atoms with Gasteiger partial charge in [0.25, 0.3) is 0 Å². The van der Waals surface area contributed by atoms with Crippen LogP contribution in [0.3, 0.4) is 0 Å². The number of nitrogen functional groups attached to an aromatic ring is 1. The van der Waals surface area contributed by atoms with E-state index in [1.807, 2.05) is 10.9 Å². The predicted octanol–water partition coefficient (Wildman–Crippen LogP) is 0.218. The van der Waals surface area contributed by atoms with Crippen LogP contribution in [0.1, 0.15) is 0 Å². The van der Waals surface area contributed by atoms with Crippen molar-refractivity contribution in [2.24, 2.45) is 0 Å². The van der Waals surface area contributed by atoms with Crippen LogP contribution in [-0.2, 0) is 11.3 Å². The highest BCUT2D eigenvalue weighted by Gasteiger charge is 2.18. The molecule has 0 bridgehead atoms. The van der Waals surface area contributed by atoms with Gasteiger partial charge in [0.15, 0.2) is 0 Å². The average Bonchev–Trinajstić information content (AvgIpc) is 2.51. The first-order valence-corrected chi connectivity index (χ1v) is 4.83. The Morgan fingerprint density at radius 1 is 1.67 bits per heavy atom. The van der Waals surface area contributed by atoms with E-state index < -0.39 is 0 Å². The molecule has 0 saturated carbocycles. The molecule has 2 heterocycles. The first-order valence-electron chi connectivity index (χ1n) is 4.83. The Kier molecular flexibility index (Phi) is 4.38. The molecule has 1 unspecified atom stereocenters. The van der Waals surface area contributed by atoms with Crippen molar-refractivity contribution in [1.29, 1.82) is 0 Å². The molecule has 0 aromatic carbocycles. The van der Waals surface area contributed by atoms with Crippen molar-refractivity contribution in [3.8, 4) is 0 Å². The summed E-state index contributed by atoms with van der Waals surface area (Å²) >= 11 is 0. The quantitative estimate of drug-likeness (QED) is 0.793. The van der Waals surface area contributed by atoms with Gasteiger partial charge in [-0.25, -0.2) is 0 Å². The van der Waals surface area contributed by atoms with E-state index in [4.69, 9.17) is 10.5 Å². The maximum atomic E-state index is 5.62. The molecule has 86 valence electrons. The standard InChI is InChI=1S/C9H16N4O.ClH/c1-12-4-5-14-8(6-12)7-13-3-2-9(10)11-13;/h2-3,8H,4-7H2,1H3,(H2,10,11);1H. The molecule has 1 atom stereocenters. The van der Waals surface area contributed by atoms with E-state index in [9.17, 15) is 0 Å². The van der Waals surface area contributed by atoms with E-state index >= 15 is 0 Å². The minimum atomic E-state index is 0. The summed E-state index contributed by atoms with van der Waals surface area (Å²) in [6, 6.07) is 1.80. The summed E-state index contributed by atoms with van der Waals surface area (Å²) in [5.41, 5.74) is 5.53. The molecule has 1 saturated heterocycles. The number of halogens is 1. The number of hydrogen-bond acceptors (Lipinski definition) is 4. The highest BCUT2D eigenvalue weighted by Crippen LogP contribution is 2.06. The van der Waals surface area contributed by atoms with E-state index in [1.54, 1.807) is 6.07 Å². The number of nitrogens with two attached hydrogens (primary N) is 1. The molecule has 15 heavy (non-hydrogen) atoms. The van der Waals surface area contributed by atoms with Gasteiger partial charge in [-0.05, 0) is 13.1 Å². The summed E-state index contributed by atoms with van der Waals surface area (Å²) in [7, 11) is 2.10. The van der Waals surface area contributed by atoms with Gasteiger partial charge in [0, 0.05) is 19.3 Å². The maximum absolute atomic E-state index is 5.62. The molecule has 0 aliphatic carbocycles. The molecule has 1 aromatic rings. The highest BCUT2D eigenvalue weighted by atomic mass is 35.5. The Labute approximate surface area is 95.6 Å². The summed E-state index contributed by atoms with van der Waals surface area (Å²) in [4.78, 5) is 2.26. The van der Waals surface area contributed by atoms with Crippen LogP contribution < -0.4 is 5.73 Å². The second-order valence-electron chi connectivity index (χ2n) is 3.72. The van der Waals surface area contributed by atoms with Crippen molar-refractivity contribution in [2.45, 2.75) is 12.6 Å². The van der Waals surface area contributed by atoms with Crippen molar-refractivity contribution in [3.63, 3.8) is 0 Å². The second-order valence-corrected chi connectivity index (χ2v) is 3.72. The van der Waals surface area contributed by atoms with E-state index in [0.717, 1.165) is 26.2 Å². The number of anilines is 1. The third-order valence-electron chi connectivity index (χ3n) is 2.39. The molecule has 0 spiro atoms. The first kappa shape index (κ1) is 12.3. The van der Waals surface area contributed by atoms with Gasteiger partial charge in [0.2, 0.25) is 0 Å². The van der Waals surface area contributed by atoms with Crippen molar-refractivity contribution in [2.75, 3.05) is 32.5 Å². The smallest absolute Gasteiger partial charge is 0.145 e. The number of rotatable bonds is 2. The van der Waals surface area contributed by atoms with Gasteiger partial charge in [-0.2, -0.15) is 5.10 Å². The van der Waals surface area contributed by atoms with E-state index in [0.29, 0.717) is 5.82 Å². The van der Waals surface area contributed by atoms with Gasteiger partial charge < -0.3 is 15.4 Å². The minimum absolute atomic E-state index is 0. The Bertz CT molecular complexity index is 304. The Morgan fingerprint density at radius 2 is 2.47 bits per heavy atom. The van der Waals surface area contributed by atoms with E-state index in [-0.39, 0.29) is 18.5 Å². The highest BCUT2D eigenvalue weighted by molar-refractivity contribution is 5.85. The van der Waals surface area contributed by atoms with Crippen LogP contribution in [-0.4, -0.2) is 47.5 Å². The minimum Gasteiger partial charge on any atom is -0.382 e. The van der Waals surface area contributed by atoms with Gasteiger partial charge in [-0.3, -0.25) is 4.68 Å². The number of aromatic nitrogens is 2. The zero-order valence-corrected chi connectivity index (χ0v) is 9.61. The predicted molar refractivity (Wildman–Crippen MR) is 61.1 cm³/mol. The van der Waals surface area contributed by atoms with Crippen molar-refractivity contribution in [1.82, 2.24) is 14.7 Å². The lowest BCUT2D eigenvalue weighted by Crippen LogP contribution is -2.42. The molecule has 1 aliphatic rings. The fourth-order valence-electron chi connectivity index (χ4n) is 1.66. The molecule has 0 amide bonds. The summed E-state index contributed by atoms with van der Waals surface area (Å²) < 4.78 is 7.45. The zero-order chi connectivity index (χ0) is 9.97. The number of hydrogen-bond donors (Lipinski definition) is 1.